The van der Waals surface area contributed by atoms with Gasteiger partial charge in [0.15, 0.2) is 0 Å². The third-order valence-electron chi connectivity index (χ3n) is 11.7. The maximum atomic E-state index is 15.3. The molecule has 0 saturated heterocycles. The summed E-state index contributed by atoms with van der Waals surface area (Å²) in [6, 6.07) is 0. The van der Waals surface area contributed by atoms with Crippen LogP contribution in [0, 0.1) is 47.3 Å². The van der Waals surface area contributed by atoms with Crippen molar-refractivity contribution in [3.8, 4) is 0 Å². The van der Waals surface area contributed by atoms with Crippen molar-refractivity contribution in [2.75, 3.05) is 0 Å². The van der Waals surface area contributed by atoms with Gasteiger partial charge in [-0.15, -0.1) is 0 Å². The molecule has 0 spiro atoms. The van der Waals surface area contributed by atoms with Crippen molar-refractivity contribution >= 4 is 0 Å². The maximum absolute atomic E-state index is 15.3. The summed E-state index contributed by atoms with van der Waals surface area (Å²) in [7, 11) is 0. The number of hydrogen-bond donors (Lipinski definition) is 0. The molecule has 3 heteroatoms. The van der Waals surface area contributed by atoms with Gasteiger partial charge in [0.05, 0.1) is 0 Å². The fourth-order valence-electron chi connectivity index (χ4n) is 9.10. The largest absolute Gasteiger partial charge is 0.247 e. The van der Waals surface area contributed by atoms with Crippen LogP contribution in [0.1, 0.15) is 142 Å². The van der Waals surface area contributed by atoms with Crippen molar-refractivity contribution in [1.29, 1.82) is 0 Å². The predicted molar refractivity (Wildman–Crippen MR) is 146 cm³/mol. The Kier molecular flexibility index (Phi) is 11.4. The van der Waals surface area contributed by atoms with Crippen LogP contribution in [-0.2, 0) is 0 Å². The summed E-state index contributed by atoms with van der Waals surface area (Å²) in [6.45, 7) is 4.39. The van der Waals surface area contributed by atoms with Crippen LogP contribution in [0.5, 0.6) is 0 Å². The molecule has 0 bridgehead atoms. The lowest BCUT2D eigenvalue weighted by Crippen LogP contribution is -2.42. The Balaban J connectivity index is 1.14. The van der Waals surface area contributed by atoms with E-state index in [0.717, 1.165) is 63.7 Å². The quantitative estimate of drug-likeness (QED) is 0.256. The fraction of sp³-hybridized carbons (Fsp3) is 1.00. The van der Waals surface area contributed by atoms with Crippen LogP contribution in [0.25, 0.3) is 0 Å². The highest BCUT2D eigenvalue weighted by Crippen LogP contribution is 2.47. The van der Waals surface area contributed by atoms with E-state index < -0.39 is 18.5 Å². The van der Waals surface area contributed by atoms with Gasteiger partial charge in [-0.1, -0.05) is 78.1 Å². The Labute approximate surface area is 221 Å². The lowest BCUT2D eigenvalue weighted by Gasteiger charge is -2.42. The Morgan fingerprint density at radius 1 is 0.528 bits per heavy atom. The summed E-state index contributed by atoms with van der Waals surface area (Å²) >= 11 is 0. The monoisotopic (exact) mass is 510 g/mol. The Bertz CT molecular complexity index is 606. The van der Waals surface area contributed by atoms with Gasteiger partial charge in [0.1, 0.15) is 18.5 Å². The molecular formula is C33H57F3. The molecule has 0 nitrogen and oxygen atoms in total. The summed E-state index contributed by atoms with van der Waals surface area (Å²) < 4.78 is 45.1. The molecule has 0 radical (unpaired) electrons. The molecule has 0 aliphatic heterocycles. The van der Waals surface area contributed by atoms with Gasteiger partial charge in [0.25, 0.3) is 0 Å². The van der Waals surface area contributed by atoms with Gasteiger partial charge in [-0.05, 0) is 112 Å². The topological polar surface area (TPSA) is 0 Å². The molecule has 0 aromatic heterocycles. The van der Waals surface area contributed by atoms with Gasteiger partial charge in [-0.2, -0.15) is 0 Å². The summed E-state index contributed by atoms with van der Waals surface area (Å²) in [6.07, 6.45) is 19.7. The van der Waals surface area contributed by atoms with Gasteiger partial charge < -0.3 is 0 Å². The molecule has 0 aromatic carbocycles. The number of rotatable bonds is 10. The highest BCUT2D eigenvalue weighted by molar-refractivity contribution is 4.93. The van der Waals surface area contributed by atoms with Gasteiger partial charge in [-0.3, -0.25) is 0 Å². The Morgan fingerprint density at radius 2 is 1.14 bits per heavy atom. The molecule has 0 heterocycles. The molecule has 0 amide bonds. The van der Waals surface area contributed by atoms with Gasteiger partial charge in [-0.25, -0.2) is 13.2 Å². The van der Waals surface area contributed by atoms with Crippen LogP contribution in [0.2, 0.25) is 0 Å². The first-order chi connectivity index (χ1) is 17.5. The minimum atomic E-state index is -1.24. The number of hydrogen-bond acceptors (Lipinski definition) is 0. The zero-order valence-electron chi connectivity index (χ0n) is 23.6. The third kappa shape index (κ3) is 7.46. The van der Waals surface area contributed by atoms with Crippen molar-refractivity contribution in [2.45, 2.75) is 161 Å². The molecule has 4 fully saturated rings. The number of unbranched alkanes of at least 4 members (excludes halogenated alkanes) is 2. The van der Waals surface area contributed by atoms with Crippen LogP contribution >= 0.6 is 0 Å². The lowest BCUT2D eigenvalue weighted by atomic mass is 9.65. The number of alkyl halides is 3. The second kappa shape index (κ2) is 14.3. The van der Waals surface area contributed by atoms with E-state index in [9.17, 15) is 4.39 Å². The Hall–Kier alpha value is -0.210. The van der Waals surface area contributed by atoms with E-state index in [1.54, 1.807) is 0 Å². The molecule has 0 aromatic rings. The molecule has 4 aliphatic rings. The normalized spacial score (nSPS) is 44.4. The van der Waals surface area contributed by atoms with Crippen molar-refractivity contribution in [3.63, 3.8) is 0 Å². The van der Waals surface area contributed by atoms with Crippen molar-refractivity contribution in [1.82, 2.24) is 0 Å². The first-order valence-corrected chi connectivity index (χ1v) is 16.4. The van der Waals surface area contributed by atoms with Crippen LogP contribution in [0.15, 0.2) is 0 Å². The maximum Gasteiger partial charge on any atom is 0.134 e. The second-order valence-electron chi connectivity index (χ2n) is 13.8. The minimum Gasteiger partial charge on any atom is -0.247 e. The van der Waals surface area contributed by atoms with E-state index >= 15 is 8.78 Å². The molecule has 210 valence electrons. The van der Waals surface area contributed by atoms with Crippen molar-refractivity contribution < 1.29 is 13.2 Å². The van der Waals surface area contributed by atoms with Crippen molar-refractivity contribution in [3.05, 3.63) is 0 Å². The first kappa shape index (κ1) is 28.8. The molecule has 7 unspecified atom stereocenters. The van der Waals surface area contributed by atoms with E-state index in [0.29, 0.717) is 29.6 Å². The number of halogens is 3. The van der Waals surface area contributed by atoms with Crippen LogP contribution in [0.4, 0.5) is 13.2 Å². The molecule has 0 N–H and O–H groups in total. The Morgan fingerprint density at radius 3 is 1.78 bits per heavy atom. The average Bonchev–Trinajstić information content (AvgIpc) is 2.90. The first-order valence-electron chi connectivity index (χ1n) is 16.4. The van der Waals surface area contributed by atoms with E-state index in [-0.39, 0.29) is 11.8 Å². The lowest BCUT2D eigenvalue weighted by molar-refractivity contribution is -0.0164. The molecule has 4 rings (SSSR count). The van der Waals surface area contributed by atoms with E-state index in [1.165, 1.54) is 70.6 Å². The zero-order chi connectivity index (χ0) is 25.5. The predicted octanol–water partition coefficient (Wildman–Crippen LogP) is 10.8. The summed E-state index contributed by atoms with van der Waals surface area (Å²) in [5.74, 6) is 3.45. The SMILES string of the molecule is CCCCCC1CCC(C2CCC(CCC3CCC(C4CCC(CC)C(F)C4)CC3)C(F)C2F)CC1. The summed E-state index contributed by atoms with van der Waals surface area (Å²) in [5.41, 5.74) is 0. The van der Waals surface area contributed by atoms with Gasteiger partial charge >= 0.3 is 0 Å². The van der Waals surface area contributed by atoms with Crippen LogP contribution in [-0.4, -0.2) is 18.5 Å². The standard InChI is InChI=1S/C33H57F3/c1-3-5-6-7-23-10-15-27(16-11-23)30-21-20-28(32(35)33(30)36)17-12-24-8-13-26(14-9-24)29-19-18-25(4-2)31(34)22-29/h23-33H,3-22H2,1-2H3. The van der Waals surface area contributed by atoms with Gasteiger partial charge in [0.2, 0.25) is 0 Å². The van der Waals surface area contributed by atoms with E-state index in [1.807, 2.05) is 0 Å². The van der Waals surface area contributed by atoms with E-state index in [4.69, 9.17) is 0 Å². The smallest absolute Gasteiger partial charge is 0.134 e. The molecule has 36 heavy (non-hydrogen) atoms. The fourth-order valence-corrected chi connectivity index (χ4v) is 9.10. The summed E-state index contributed by atoms with van der Waals surface area (Å²) in [4.78, 5) is 0. The van der Waals surface area contributed by atoms with Crippen LogP contribution < -0.4 is 0 Å². The molecule has 7 atom stereocenters. The molecule has 4 saturated carbocycles. The highest BCUT2D eigenvalue weighted by atomic mass is 19.2. The zero-order valence-corrected chi connectivity index (χ0v) is 23.6. The van der Waals surface area contributed by atoms with Crippen LogP contribution in [0.3, 0.4) is 0 Å². The minimum absolute atomic E-state index is 0.0228. The third-order valence-corrected chi connectivity index (χ3v) is 11.7. The second-order valence-corrected chi connectivity index (χ2v) is 13.8. The summed E-state index contributed by atoms with van der Waals surface area (Å²) in [5, 5.41) is 0. The van der Waals surface area contributed by atoms with Crippen molar-refractivity contribution in [2.24, 2.45) is 47.3 Å². The highest BCUT2D eigenvalue weighted by Gasteiger charge is 2.44. The van der Waals surface area contributed by atoms with E-state index in [2.05, 4.69) is 13.8 Å². The molecule has 4 aliphatic carbocycles. The van der Waals surface area contributed by atoms with Gasteiger partial charge in [0, 0.05) is 0 Å². The average molecular weight is 511 g/mol. The molecular weight excluding hydrogens is 453 g/mol.